The minimum Gasteiger partial charge on any atom is -0.308 e. The zero-order valence-corrected chi connectivity index (χ0v) is 12.9. The lowest BCUT2D eigenvalue weighted by Crippen LogP contribution is -2.23. The summed E-state index contributed by atoms with van der Waals surface area (Å²) in [4.78, 5) is 12.3. The monoisotopic (exact) mass is 289 g/mol. The molecule has 2 rings (SSSR count). The number of rotatable bonds is 4. The molecule has 0 unspecified atom stereocenters. The first-order chi connectivity index (χ1) is 9.58. The molecule has 0 aliphatic heterocycles. The molecule has 1 aromatic heterocycles. The topological polar surface area (TPSA) is 22.0 Å². The fraction of sp³-hybridized carbons (Fsp3) is 0.353. The molecule has 0 aliphatic carbocycles. The molecule has 0 spiro atoms. The number of hydrogen-bond donors (Lipinski definition) is 0. The highest BCUT2D eigenvalue weighted by atomic mass is 35.5. The van der Waals surface area contributed by atoms with Gasteiger partial charge in [-0.2, -0.15) is 0 Å². The van der Waals surface area contributed by atoms with Gasteiger partial charge >= 0.3 is 0 Å². The summed E-state index contributed by atoms with van der Waals surface area (Å²) in [5.74, 6) is 0.766. The quantitative estimate of drug-likeness (QED) is 0.765. The maximum Gasteiger partial charge on any atom is 0.255 e. The van der Waals surface area contributed by atoms with Crippen LogP contribution in [0.4, 0.5) is 0 Å². The molecule has 0 aliphatic rings. The van der Waals surface area contributed by atoms with Crippen molar-refractivity contribution in [3.63, 3.8) is 0 Å². The maximum absolute atomic E-state index is 12.3. The SMILES string of the molecule is CCn1c(-c2ccc(C(C)C)cc2)ccc(CCl)c1=O. The molecule has 0 saturated heterocycles. The van der Waals surface area contributed by atoms with Crippen LogP contribution in [0.3, 0.4) is 0 Å². The number of aromatic nitrogens is 1. The molecule has 106 valence electrons. The van der Waals surface area contributed by atoms with Gasteiger partial charge in [-0.05, 0) is 30.0 Å². The van der Waals surface area contributed by atoms with Crippen LogP contribution in [0.2, 0.25) is 0 Å². The van der Waals surface area contributed by atoms with Crippen molar-refractivity contribution < 1.29 is 0 Å². The van der Waals surface area contributed by atoms with Crippen molar-refractivity contribution in [1.29, 1.82) is 0 Å². The lowest BCUT2D eigenvalue weighted by atomic mass is 10.0. The van der Waals surface area contributed by atoms with Crippen LogP contribution < -0.4 is 5.56 Å². The minimum absolute atomic E-state index is 0.00735. The highest BCUT2D eigenvalue weighted by Gasteiger charge is 2.09. The van der Waals surface area contributed by atoms with Crippen LogP contribution >= 0.6 is 11.6 Å². The fourth-order valence-corrected chi connectivity index (χ4v) is 2.53. The van der Waals surface area contributed by atoms with Gasteiger partial charge in [0, 0.05) is 12.1 Å². The Morgan fingerprint density at radius 1 is 1.10 bits per heavy atom. The predicted octanol–water partition coefficient (Wildman–Crippen LogP) is 4.40. The molecule has 0 fully saturated rings. The summed E-state index contributed by atoms with van der Waals surface area (Å²) >= 11 is 5.80. The van der Waals surface area contributed by atoms with Crippen molar-refractivity contribution in [2.45, 2.75) is 39.1 Å². The Kier molecular flexibility index (Phi) is 4.66. The smallest absolute Gasteiger partial charge is 0.255 e. The van der Waals surface area contributed by atoms with E-state index in [9.17, 15) is 4.79 Å². The molecule has 0 saturated carbocycles. The molecule has 0 bridgehead atoms. The number of alkyl halides is 1. The van der Waals surface area contributed by atoms with Crippen molar-refractivity contribution in [3.8, 4) is 11.3 Å². The number of halogens is 1. The first kappa shape index (κ1) is 14.9. The molecule has 0 amide bonds. The van der Waals surface area contributed by atoms with E-state index >= 15 is 0 Å². The normalized spacial score (nSPS) is 11.1. The van der Waals surface area contributed by atoms with Crippen molar-refractivity contribution in [2.24, 2.45) is 0 Å². The summed E-state index contributed by atoms with van der Waals surface area (Å²) in [6.07, 6.45) is 0. The first-order valence-electron chi connectivity index (χ1n) is 6.97. The van der Waals surface area contributed by atoms with E-state index in [1.807, 2.05) is 19.1 Å². The standard InChI is InChI=1S/C17H20ClNO/c1-4-19-16(10-9-15(11-18)17(19)20)14-7-5-13(6-8-14)12(2)3/h5-10,12H,4,11H2,1-3H3. The molecule has 3 heteroatoms. The molecule has 0 radical (unpaired) electrons. The van der Waals surface area contributed by atoms with E-state index in [-0.39, 0.29) is 11.4 Å². The summed E-state index contributed by atoms with van der Waals surface area (Å²) in [5, 5.41) is 0. The van der Waals surface area contributed by atoms with Crippen molar-refractivity contribution >= 4 is 11.6 Å². The predicted molar refractivity (Wildman–Crippen MR) is 85.5 cm³/mol. The Balaban J connectivity index is 2.52. The van der Waals surface area contributed by atoms with Gasteiger partial charge in [-0.3, -0.25) is 4.79 Å². The minimum atomic E-state index is 0.00735. The number of nitrogens with zero attached hydrogens (tertiary/aromatic N) is 1. The van der Waals surface area contributed by atoms with E-state index in [1.165, 1.54) is 5.56 Å². The van der Waals surface area contributed by atoms with Crippen LogP contribution in [0, 0.1) is 0 Å². The molecule has 0 atom stereocenters. The van der Waals surface area contributed by atoms with Crippen LogP contribution in [-0.2, 0) is 12.4 Å². The second-order valence-corrected chi connectivity index (χ2v) is 5.47. The van der Waals surface area contributed by atoms with E-state index < -0.39 is 0 Å². The third-order valence-electron chi connectivity index (χ3n) is 3.59. The largest absolute Gasteiger partial charge is 0.308 e. The first-order valence-corrected chi connectivity index (χ1v) is 7.51. The summed E-state index contributed by atoms with van der Waals surface area (Å²) < 4.78 is 1.78. The molecule has 1 heterocycles. The van der Waals surface area contributed by atoms with Gasteiger partial charge in [0.2, 0.25) is 0 Å². The Morgan fingerprint density at radius 3 is 2.25 bits per heavy atom. The van der Waals surface area contributed by atoms with Crippen LogP contribution in [0.15, 0.2) is 41.2 Å². The maximum atomic E-state index is 12.3. The molecule has 0 N–H and O–H groups in total. The van der Waals surface area contributed by atoms with Gasteiger partial charge in [0.05, 0.1) is 11.6 Å². The second kappa shape index (κ2) is 6.27. The lowest BCUT2D eigenvalue weighted by molar-refractivity contribution is 0.728. The Bertz CT molecular complexity index is 641. The Hall–Kier alpha value is -1.54. The Morgan fingerprint density at radius 2 is 1.75 bits per heavy atom. The van der Waals surface area contributed by atoms with Crippen molar-refractivity contribution in [1.82, 2.24) is 4.57 Å². The van der Waals surface area contributed by atoms with Gasteiger partial charge in [-0.1, -0.05) is 44.2 Å². The van der Waals surface area contributed by atoms with Crippen LogP contribution in [0.25, 0.3) is 11.3 Å². The van der Waals surface area contributed by atoms with E-state index in [0.717, 1.165) is 11.3 Å². The number of benzene rings is 1. The van der Waals surface area contributed by atoms with Gasteiger partial charge in [0.15, 0.2) is 0 Å². The van der Waals surface area contributed by atoms with Gasteiger partial charge in [0.25, 0.3) is 5.56 Å². The summed E-state index contributed by atoms with van der Waals surface area (Å²) in [5.41, 5.74) is 3.97. The number of hydrogen-bond acceptors (Lipinski definition) is 1. The van der Waals surface area contributed by atoms with Gasteiger partial charge in [-0.25, -0.2) is 0 Å². The molecular formula is C17H20ClNO. The van der Waals surface area contributed by atoms with Gasteiger partial charge in [0.1, 0.15) is 0 Å². The molecular weight excluding hydrogens is 270 g/mol. The zero-order chi connectivity index (χ0) is 14.7. The van der Waals surface area contributed by atoms with Crippen LogP contribution in [0.1, 0.15) is 37.8 Å². The highest BCUT2D eigenvalue weighted by Crippen LogP contribution is 2.22. The van der Waals surface area contributed by atoms with E-state index in [0.29, 0.717) is 18.0 Å². The summed E-state index contributed by atoms with van der Waals surface area (Å²) in [6, 6.07) is 12.2. The third kappa shape index (κ3) is 2.80. The average Bonchev–Trinajstić information content (AvgIpc) is 2.47. The van der Waals surface area contributed by atoms with E-state index in [4.69, 9.17) is 11.6 Å². The third-order valence-corrected chi connectivity index (χ3v) is 3.87. The average molecular weight is 290 g/mol. The van der Waals surface area contributed by atoms with Crippen molar-refractivity contribution in [2.75, 3.05) is 0 Å². The highest BCUT2D eigenvalue weighted by molar-refractivity contribution is 6.17. The second-order valence-electron chi connectivity index (χ2n) is 5.20. The number of pyridine rings is 1. The molecule has 2 aromatic rings. The lowest BCUT2D eigenvalue weighted by Gasteiger charge is -2.13. The molecule has 1 aromatic carbocycles. The van der Waals surface area contributed by atoms with Crippen LogP contribution in [-0.4, -0.2) is 4.57 Å². The molecule has 2 nitrogen and oxygen atoms in total. The molecule has 20 heavy (non-hydrogen) atoms. The summed E-state index contributed by atoms with van der Waals surface area (Å²) in [7, 11) is 0. The summed E-state index contributed by atoms with van der Waals surface area (Å²) in [6.45, 7) is 6.97. The van der Waals surface area contributed by atoms with E-state index in [1.54, 1.807) is 4.57 Å². The Labute approximate surface area is 125 Å². The van der Waals surface area contributed by atoms with Gasteiger partial charge in [-0.15, -0.1) is 11.6 Å². The van der Waals surface area contributed by atoms with Gasteiger partial charge < -0.3 is 4.57 Å². The van der Waals surface area contributed by atoms with Crippen molar-refractivity contribution in [3.05, 3.63) is 57.9 Å². The fourth-order valence-electron chi connectivity index (χ4n) is 2.33. The van der Waals surface area contributed by atoms with E-state index in [2.05, 4.69) is 38.1 Å². The van der Waals surface area contributed by atoms with Crippen LogP contribution in [0.5, 0.6) is 0 Å². The zero-order valence-electron chi connectivity index (χ0n) is 12.2.